The summed E-state index contributed by atoms with van der Waals surface area (Å²) in [4.78, 5) is 18.9. The summed E-state index contributed by atoms with van der Waals surface area (Å²) in [6.07, 6.45) is 7.62. The van der Waals surface area contributed by atoms with Gasteiger partial charge in [-0.1, -0.05) is 13.3 Å². The summed E-state index contributed by atoms with van der Waals surface area (Å²) >= 11 is 6.96. The highest BCUT2D eigenvalue weighted by Gasteiger charge is 2.39. The van der Waals surface area contributed by atoms with E-state index in [0.29, 0.717) is 16.5 Å². The van der Waals surface area contributed by atoms with Gasteiger partial charge in [0.2, 0.25) is 0 Å². The molecule has 0 radical (unpaired) electrons. The zero-order valence-corrected chi connectivity index (χ0v) is 14.7. The van der Waals surface area contributed by atoms with E-state index in [1.807, 2.05) is 6.07 Å². The third kappa shape index (κ3) is 2.76. The van der Waals surface area contributed by atoms with Gasteiger partial charge < -0.3 is 5.32 Å². The van der Waals surface area contributed by atoms with Gasteiger partial charge in [-0.05, 0) is 55.8 Å². The molecule has 2 aromatic heterocycles. The molecule has 0 amide bonds. The molecule has 0 spiro atoms. The first-order chi connectivity index (χ1) is 11.1. The maximum atomic E-state index is 12.5. The van der Waals surface area contributed by atoms with Crippen LogP contribution in [0.1, 0.15) is 37.5 Å². The van der Waals surface area contributed by atoms with Crippen molar-refractivity contribution in [2.75, 3.05) is 5.43 Å². The Balaban J connectivity index is 1.49. The van der Waals surface area contributed by atoms with Crippen LogP contribution in [0.2, 0.25) is 0 Å². The number of aromatic nitrogens is 2. The molecule has 2 saturated carbocycles. The highest BCUT2D eigenvalue weighted by molar-refractivity contribution is 7.80. The van der Waals surface area contributed by atoms with Crippen molar-refractivity contribution >= 4 is 38.9 Å². The van der Waals surface area contributed by atoms with Crippen LogP contribution in [-0.4, -0.2) is 20.8 Å². The average Bonchev–Trinajstić information content (AvgIpc) is 3.24. The van der Waals surface area contributed by atoms with Crippen molar-refractivity contribution in [3.63, 3.8) is 0 Å². The summed E-state index contributed by atoms with van der Waals surface area (Å²) in [5, 5.41) is 4.55. The summed E-state index contributed by atoms with van der Waals surface area (Å²) < 4.78 is 1.39. The molecule has 23 heavy (non-hydrogen) atoms. The number of hydrogen-bond acceptors (Lipinski definition) is 4. The van der Waals surface area contributed by atoms with Gasteiger partial charge in [0.05, 0.1) is 5.39 Å². The fourth-order valence-corrected chi connectivity index (χ4v) is 5.13. The van der Waals surface area contributed by atoms with Gasteiger partial charge in [0.15, 0.2) is 5.11 Å². The third-order valence-corrected chi connectivity index (χ3v) is 6.52. The molecular weight excluding hydrogens is 328 g/mol. The summed E-state index contributed by atoms with van der Waals surface area (Å²) in [6.45, 7) is 2.08. The Bertz CT molecular complexity index is 812. The fraction of sp³-hybridized carbons (Fsp3) is 0.562. The molecule has 122 valence electrons. The number of thiophene rings is 1. The molecule has 2 bridgehead atoms. The molecule has 4 rings (SSSR count). The minimum Gasteiger partial charge on any atom is -0.358 e. The Hall–Kier alpha value is -1.47. The van der Waals surface area contributed by atoms with Crippen LogP contribution in [-0.2, 0) is 6.42 Å². The van der Waals surface area contributed by atoms with Gasteiger partial charge in [0.25, 0.3) is 5.56 Å². The molecule has 2 aliphatic carbocycles. The van der Waals surface area contributed by atoms with E-state index in [2.05, 4.69) is 22.7 Å². The Labute approximate surface area is 144 Å². The minimum absolute atomic E-state index is 0.0944. The minimum atomic E-state index is -0.0944. The number of aryl methyl sites for hydroxylation is 1. The van der Waals surface area contributed by atoms with Gasteiger partial charge in [-0.3, -0.25) is 10.2 Å². The lowest BCUT2D eigenvalue weighted by Gasteiger charge is -2.24. The molecule has 5 nitrogen and oxygen atoms in total. The maximum absolute atomic E-state index is 12.5. The van der Waals surface area contributed by atoms with Crippen molar-refractivity contribution in [3.05, 3.63) is 27.6 Å². The van der Waals surface area contributed by atoms with E-state index in [-0.39, 0.29) is 5.56 Å². The Morgan fingerprint density at radius 2 is 2.35 bits per heavy atom. The van der Waals surface area contributed by atoms with Crippen molar-refractivity contribution in [2.45, 2.75) is 45.1 Å². The van der Waals surface area contributed by atoms with Gasteiger partial charge in [0.1, 0.15) is 11.2 Å². The predicted octanol–water partition coefficient (Wildman–Crippen LogP) is 2.63. The maximum Gasteiger partial charge on any atom is 0.280 e. The molecule has 3 unspecified atom stereocenters. The average molecular weight is 348 g/mol. The molecular formula is C16H20N4OS2. The Morgan fingerprint density at radius 1 is 1.48 bits per heavy atom. The number of thiocarbonyl (C=S) groups is 1. The first-order valence-corrected chi connectivity index (χ1v) is 9.44. The van der Waals surface area contributed by atoms with E-state index in [4.69, 9.17) is 12.2 Å². The summed E-state index contributed by atoms with van der Waals surface area (Å²) in [6, 6.07) is 2.38. The lowest BCUT2D eigenvalue weighted by atomic mass is 9.96. The van der Waals surface area contributed by atoms with Crippen LogP contribution >= 0.6 is 23.6 Å². The Kier molecular flexibility index (Phi) is 3.85. The zero-order chi connectivity index (χ0) is 16.0. The molecule has 7 heteroatoms. The second-order valence-corrected chi connectivity index (χ2v) is 8.09. The lowest BCUT2D eigenvalue weighted by Crippen LogP contribution is -2.45. The first kappa shape index (κ1) is 15.1. The van der Waals surface area contributed by atoms with E-state index >= 15 is 0 Å². The van der Waals surface area contributed by atoms with Crippen LogP contribution in [0.3, 0.4) is 0 Å². The van der Waals surface area contributed by atoms with Crippen molar-refractivity contribution in [2.24, 2.45) is 11.8 Å². The molecule has 2 heterocycles. The smallest absolute Gasteiger partial charge is 0.280 e. The summed E-state index contributed by atoms with van der Waals surface area (Å²) in [7, 11) is 0. The van der Waals surface area contributed by atoms with Gasteiger partial charge >= 0.3 is 0 Å². The van der Waals surface area contributed by atoms with Gasteiger partial charge in [-0.25, -0.2) is 9.66 Å². The number of hydrogen-bond donors (Lipinski definition) is 2. The Morgan fingerprint density at radius 3 is 3.04 bits per heavy atom. The molecule has 2 aliphatic rings. The molecule has 0 aliphatic heterocycles. The van der Waals surface area contributed by atoms with E-state index < -0.39 is 0 Å². The second-order valence-electron chi connectivity index (χ2n) is 6.57. The number of fused-ring (bicyclic) bond motifs is 3. The molecule has 0 aromatic carbocycles. The van der Waals surface area contributed by atoms with Crippen LogP contribution in [0.15, 0.2) is 17.2 Å². The topological polar surface area (TPSA) is 59.0 Å². The molecule has 3 atom stereocenters. The van der Waals surface area contributed by atoms with Crippen LogP contribution < -0.4 is 16.3 Å². The number of nitrogens with zero attached hydrogens (tertiary/aromatic N) is 2. The molecule has 2 N–H and O–H groups in total. The third-order valence-electron chi connectivity index (χ3n) is 5.13. The SMILES string of the molecule is CCc1cc2c(=O)n(NC(=S)NC3CC4CCC3C4)cnc2s1. The predicted molar refractivity (Wildman–Crippen MR) is 97.6 cm³/mol. The standard InChI is InChI=1S/C16H20N4OS2/c1-2-11-7-12-14(23-11)17-8-20(15(12)21)19-16(22)18-13-6-9-3-4-10(13)5-9/h7-10,13H,2-6H2,1H3,(H2,18,19,22). The van der Waals surface area contributed by atoms with Gasteiger partial charge in [-0.2, -0.15) is 0 Å². The summed E-state index contributed by atoms with van der Waals surface area (Å²) in [5.74, 6) is 1.60. The summed E-state index contributed by atoms with van der Waals surface area (Å²) in [5.41, 5.74) is 2.89. The van der Waals surface area contributed by atoms with Crippen LogP contribution in [0.25, 0.3) is 10.2 Å². The monoisotopic (exact) mass is 348 g/mol. The molecule has 2 aromatic rings. The van der Waals surface area contributed by atoms with Crippen molar-refractivity contribution in [1.82, 2.24) is 15.0 Å². The second kappa shape index (κ2) is 5.87. The highest BCUT2D eigenvalue weighted by Crippen LogP contribution is 2.44. The first-order valence-electron chi connectivity index (χ1n) is 8.21. The van der Waals surface area contributed by atoms with Gasteiger partial charge in [0, 0.05) is 10.9 Å². The zero-order valence-electron chi connectivity index (χ0n) is 13.0. The lowest BCUT2D eigenvalue weighted by molar-refractivity contribution is 0.391. The highest BCUT2D eigenvalue weighted by atomic mass is 32.1. The van der Waals surface area contributed by atoms with Crippen molar-refractivity contribution in [1.29, 1.82) is 0 Å². The van der Waals surface area contributed by atoms with Crippen LogP contribution in [0.5, 0.6) is 0 Å². The van der Waals surface area contributed by atoms with Crippen molar-refractivity contribution in [3.8, 4) is 0 Å². The largest absolute Gasteiger partial charge is 0.358 e. The quantitative estimate of drug-likeness (QED) is 0.835. The van der Waals surface area contributed by atoms with E-state index in [9.17, 15) is 4.79 Å². The molecule has 0 saturated heterocycles. The fourth-order valence-electron chi connectivity index (χ4n) is 3.96. The van der Waals surface area contributed by atoms with Crippen LogP contribution in [0.4, 0.5) is 0 Å². The number of rotatable bonds is 3. The van der Waals surface area contributed by atoms with E-state index in [1.165, 1.54) is 41.6 Å². The normalized spacial score (nSPS) is 25.9. The number of nitrogens with one attached hydrogen (secondary N) is 2. The van der Waals surface area contributed by atoms with E-state index in [0.717, 1.165) is 23.1 Å². The van der Waals surface area contributed by atoms with Crippen LogP contribution in [0, 0.1) is 11.8 Å². The molecule has 2 fully saturated rings. The van der Waals surface area contributed by atoms with Gasteiger partial charge in [-0.15, -0.1) is 11.3 Å². The van der Waals surface area contributed by atoms with Crippen molar-refractivity contribution < 1.29 is 0 Å². The van der Waals surface area contributed by atoms with E-state index in [1.54, 1.807) is 11.3 Å².